The van der Waals surface area contributed by atoms with Gasteiger partial charge in [0.05, 0.1) is 0 Å². The Bertz CT molecular complexity index is 200. The Kier molecular flexibility index (Phi) is 8.52. The minimum absolute atomic E-state index is 0.0748. The van der Waals surface area contributed by atoms with Crippen LogP contribution in [0.15, 0.2) is 4.99 Å². The third kappa shape index (κ3) is 9.05. The molecule has 0 fully saturated rings. The average Bonchev–Trinajstić information content (AvgIpc) is 2.17. The van der Waals surface area contributed by atoms with Crippen LogP contribution in [0.25, 0.3) is 0 Å². The van der Waals surface area contributed by atoms with E-state index in [1.807, 2.05) is 0 Å². The number of rotatable bonds is 6. The summed E-state index contributed by atoms with van der Waals surface area (Å²) in [5, 5.41) is 13.0. The van der Waals surface area contributed by atoms with E-state index in [-0.39, 0.29) is 5.96 Å². The molecule has 0 aromatic heterocycles. The topological polar surface area (TPSA) is 86.3 Å². The highest BCUT2D eigenvalue weighted by Gasteiger charge is 1.97. The molecule has 0 heterocycles. The lowest BCUT2D eigenvalue weighted by Crippen LogP contribution is -2.44. The molecule has 0 radical (unpaired) electrons. The van der Waals surface area contributed by atoms with Gasteiger partial charge in [0.25, 0.3) is 0 Å². The Morgan fingerprint density at radius 3 is 2.47 bits per heavy atom. The second-order valence-electron chi connectivity index (χ2n) is 3.40. The molecule has 0 spiro atoms. The standard InChI is InChI=1S/C10H23N5/c1-3-5-7-13-10(15-9(11)12)14-8-6-4-2/h3-8H2,1-2H3,(H5,11,12,13,14,15). The van der Waals surface area contributed by atoms with Crippen molar-refractivity contribution in [3.63, 3.8) is 0 Å². The molecule has 0 aliphatic rings. The predicted molar refractivity (Wildman–Crippen MR) is 65.2 cm³/mol. The van der Waals surface area contributed by atoms with Gasteiger partial charge in [-0.2, -0.15) is 0 Å². The monoisotopic (exact) mass is 213 g/mol. The molecule has 0 unspecified atom stereocenters. The third-order valence-corrected chi connectivity index (χ3v) is 1.86. The van der Waals surface area contributed by atoms with E-state index < -0.39 is 0 Å². The first kappa shape index (κ1) is 13.7. The van der Waals surface area contributed by atoms with Crippen LogP contribution in [0.2, 0.25) is 0 Å². The van der Waals surface area contributed by atoms with Gasteiger partial charge in [-0.1, -0.05) is 26.7 Å². The SMILES string of the molecule is CCCCN=C(NCCCC)NC(=N)N. The number of hydrogen-bond acceptors (Lipinski definition) is 2. The van der Waals surface area contributed by atoms with E-state index in [1.165, 1.54) is 0 Å². The van der Waals surface area contributed by atoms with E-state index in [1.54, 1.807) is 0 Å². The molecule has 5 nitrogen and oxygen atoms in total. The summed E-state index contributed by atoms with van der Waals surface area (Å²) < 4.78 is 0. The first-order valence-corrected chi connectivity index (χ1v) is 5.60. The molecule has 0 aliphatic heterocycles. The van der Waals surface area contributed by atoms with Crippen molar-refractivity contribution in [1.82, 2.24) is 10.6 Å². The number of aliphatic imine (C=N–C) groups is 1. The highest BCUT2D eigenvalue weighted by molar-refractivity contribution is 5.96. The molecule has 0 saturated carbocycles. The number of nitrogens with two attached hydrogens (primary N) is 1. The van der Waals surface area contributed by atoms with Gasteiger partial charge in [-0.3, -0.25) is 15.7 Å². The highest BCUT2D eigenvalue weighted by atomic mass is 15.2. The van der Waals surface area contributed by atoms with Crippen LogP contribution in [-0.2, 0) is 0 Å². The predicted octanol–water partition coefficient (Wildman–Crippen LogP) is 1.02. The van der Waals surface area contributed by atoms with Crippen molar-refractivity contribution in [2.45, 2.75) is 39.5 Å². The Balaban J connectivity index is 3.93. The van der Waals surface area contributed by atoms with Crippen LogP contribution in [-0.4, -0.2) is 25.0 Å². The molecule has 0 saturated heterocycles. The summed E-state index contributed by atoms with van der Waals surface area (Å²) in [6, 6.07) is 0. The van der Waals surface area contributed by atoms with E-state index in [0.717, 1.165) is 38.8 Å². The third-order valence-electron chi connectivity index (χ3n) is 1.86. The molecule has 5 heteroatoms. The lowest BCUT2D eigenvalue weighted by Gasteiger charge is -2.10. The molecule has 0 bridgehead atoms. The molecular weight excluding hydrogens is 190 g/mol. The van der Waals surface area contributed by atoms with Crippen molar-refractivity contribution >= 4 is 11.9 Å². The van der Waals surface area contributed by atoms with Crippen LogP contribution in [0.3, 0.4) is 0 Å². The second-order valence-corrected chi connectivity index (χ2v) is 3.40. The Morgan fingerprint density at radius 1 is 1.27 bits per heavy atom. The first-order chi connectivity index (χ1) is 7.20. The summed E-state index contributed by atoms with van der Waals surface area (Å²) in [7, 11) is 0. The number of guanidine groups is 2. The largest absolute Gasteiger partial charge is 0.370 e. The van der Waals surface area contributed by atoms with Gasteiger partial charge in [-0.05, 0) is 12.8 Å². The molecule has 5 N–H and O–H groups in total. The maximum Gasteiger partial charge on any atom is 0.198 e. The highest BCUT2D eigenvalue weighted by Crippen LogP contribution is 1.87. The molecule has 0 amide bonds. The zero-order valence-corrected chi connectivity index (χ0v) is 9.77. The fourth-order valence-electron chi connectivity index (χ4n) is 1.000. The fraction of sp³-hybridized carbons (Fsp3) is 0.800. The van der Waals surface area contributed by atoms with E-state index in [0.29, 0.717) is 5.96 Å². The second kappa shape index (κ2) is 9.30. The number of nitrogens with zero attached hydrogens (tertiary/aromatic N) is 1. The van der Waals surface area contributed by atoms with Crippen LogP contribution >= 0.6 is 0 Å². The van der Waals surface area contributed by atoms with Crippen molar-refractivity contribution in [2.75, 3.05) is 13.1 Å². The van der Waals surface area contributed by atoms with E-state index >= 15 is 0 Å². The molecular formula is C10H23N5. The van der Waals surface area contributed by atoms with Gasteiger partial charge in [-0.15, -0.1) is 0 Å². The van der Waals surface area contributed by atoms with Gasteiger partial charge in [0, 0.05) is 13.1 Å². The van der Waals surface area contributed by atoms with Gasteiger partial charge >= 0.3 is 0 Å². The van der Waals surface area contributed by atoms with Crippen molar-refractivity contribution in [2.24, 2.45) is 10.7 Å². The van der Waals surface area contributed by atoms with E-state index in [2.05, 4.69) is 29.5 Å². The van der Waals surface area contributed by atoms with Crippen molar-refractivity contribution in [3.05, 3.63) is 0 Å². The summed E-state index contributed by atoms with van der Waals surface area (Å²) in [6.07, 6.45) is 4.39. The fourth-order valence-corrected chi connectivity index (χ4v) is 1.000. The van der Waals surface area contributed by atoms with Crippen molar-refractivity contribution in [1.29, 1.82) is 5.41 Å². The lowest BCUT2D eigenvalue weighted by molar-refractivity contribution is 0.736. The number of unbranched alkanes of at least 4 members (excludes halogenated alkanes) is 2. The van der Waals surface area contributed by atoms with Gasteiger partial charge in [-0.25, -0.2) is 0 Å². The molecule has 0 aliphatic carbocycles. The molecule has 0 aromatic rings. The summed E-state index contributed by atoms with van der Waals surface area (Å²) in [4.78, 5) is 4.30. The van der Waals surface area contributed by atoms with E-state index in [4.69, 9.17) is 11.1 Å². The smallest absolute Gasteiger partial charge is 0.198 e. The maximum atomic E-state index is 7.13. The van der Waals surface area contributed by atoms with E-state index in [9.17, 15) is 0 Å². The molecule has 0 aromatic carbocycles. The van der Waals surface area contributed by atoms with Crippen molar-refractivity contribution in [3.8, 4) is 0 Å². The van der Waals surface area contributed by atoms with Gasteiger partial charge in [0.15, 0.2) is 11.9 Å². The summed E-state index contributed by atoms with van der Waals surface area (Å²) in [5.74, 6) is 0.540. The summed E-state index contributed by atoms with van der Waals surface area (Å²) in [5.41, 5.74) is 5.25. The van der Waals surface area contributed by atoms with Crippen LogP contribution in [0, 0.1) is 5.41 Å². The molecule has 0 atom stereocenters. The Hall–Kier alpha value is -1.26. The normalized spacial score (nSPS) is 11.2. The van der Waals surface area contributed by atoms with Crippen LogP contribution in [0.4, 0.5) is 0 Å². The Morgan fingerprint density at radius 2 is 1.93 bits per heavy atom. The first-order valence-electron chi connectivity index (χ1n) is 5.60. The minimum atomic E-state index is -0.0748. The molecule has 0 rings (SSSR count). The zero-order chi connectivity index (χ0) is 11.5. The summed E-state index contributed by atoms with van der Waals surface area (Å²) in [6.45, 7) is 5.89. The average molecular weight is 213 g/mol. The Labute approximate surface area is 92.0 Å². The van der Waals surface area contributed by atoms with Crippen LogP contribution in [0.5, 0.6) is 0 Å². The van der Waals surface area contributed by atoms with Crippen LogP contribution in [0.1, 0.15) is 39.5 Å². The van der Waals surface area contributed by atoms with Gasteiger partial charge in [0.1, 0.15) is 0 Å². The zero-order valence-electron chi connectivity index (χ0n) is 9.77. The lowest BCUT2D eigenvalue weighted by atomic mass is 10.3. The number of hydrogen-bond donors (Lipinski definition) is 4. The van der Waals surface area contributed by atoms with Gasteiger partial charge < -0.3 is 11.1 Å². The minimum Gasteiger partial charge on any atom is -0.370 e. The molecule has 88 valence electrons. The molecule has 15 heavy (non-hydrogen) atoms. The number of nitrogens with one attached hydrogen (secondary N) is 3. The van der Waals surface area contributed by atoms with Gasteiger partial charge in [0.2, 0.25) is 0 Å². The van der Waals surface area contributed by atoms with Crippen molar-refractivity contribution < 1.29 is 0 Å². The van der Waals surface area contributed by atoms with Crippen LogP contribution < -0.4 is 16.4 Å². The maximum absolute atomic E-state index is 7.13. The summed E-state index contributed by atoms with van der Waals surface area (Å²) >= 11 is 0. The quantitative estimate of drug-likeness (QED) is 0.302.